The zero-order valence-electron chi connectivity index (χ0n) is 7.23. The van der Waals surface area contributed by atoms with Crippen molar-refractivity contribution in [2.24, 2.45) is 10.8 Å². The van der Waals surface area contributed by atoms with Crippen LogP contribution in [-0.2, 0) is 9.59 Å². The number of Topliss-reactive ketones (excluding diaryl/α,β-unsaturated/α-hetero) is 2. The van der Waals surface area contributed by atoms with Crippen LogP contribution in [0.25, 0.3) is 0 Å². The van der Waals surface area contributed by atoms with Crippen molar-refractivity contribution in [1.29, 1.82) is 0 Å². The third-order valence-electron chi connectivity index (χ3n) is 2.49. The van der Waals surface area contributed by atoms with Crippen LogP contribution in [0.5, 0.6) is 0 Å². The average Bonchev–Trinajstić information content (AvgIpc) is 2.59. The van der Waals surface area contributed by atoms with Gasteiger partial charge >= 0.3 is 0 Å². The Hall–Kier alpha value is -1.10. The van der Waals surface area contributed by atoms with Gasteiger partial charge < -0.3 is 0 Å². The molecule has 0 amide bonds. The van der Waals surface area contributed by atoms with E-state index in [9.17, 15) is 9.59 Å². The van der Waals surface area contributed by atoms with Crippen LogP contribution in [0.3, 0.4) is 0 Å². The summed E-state index contributed by atoms with van der Waals surface area (Å²) < 4.78 is 0. The van der Waals surface area contributed by atoms with Crippen molar-refractivity contribution in [2.75, 3.05) is 0 Å². The minimum atomic E-state index is -0.977. The molecule has 1 fully saturated rings. The molecule has 2 rings (SSSR count). The van der Waals surface area contributed by atoms with Crippen molar-refractivity contribution in [3.05, 3.63) is 0 Å². The molecule has 0 radical (unpaired) electrons. The summed E-state index contributed by atoms with van der Waals surface area (Å²) in [6.45, 7) is 3.88. The highest BCUT2D eigenvalue weighted by molar-refractivity contribution is 6.19. The normalized spacial score (nSPS) is 28.2. The summed E-state index contributed by atoms with van der Waals surface area (Å²) in [6.07, 6.45) is 0.942. The van der Waals surface area contributed by atoms with Crippen LogP contribution in [0.4, 0.5) is 0 Å². The maximum atomic E-state index is 11.5. The lowest BCUT2D eigenvalue weighted by Crippen LogP contribution is -2.41. The highest BCUT2D eigenvalue weighted by Crippen LogP contribution is 2.43. The van der Waals surface area contributed by atoms with E-state index in [0.29, 0.717) is 12.8 Å². The quantitative estimate of drug-likeness (QED) is 0.392. The topological polar surface area (TPSA) is 34.1 Å². The fourth-order valence-electron chi connectivity index (χ4n) is 1.69. The Morgan fingerprint density at radius 2 is 1.50 bits per heavy atom. The molecule has 1 saturated carbocycles. The lowest BCUT2D eigenvalue weighted by atomic mass is 9.68. The van der Waals surface area contributed by atoms with Gasteiger partial charge in [-0.1, -0.05) is 25.7 Å². The SMILES string of the molecule is CC1(C)CC(=O)C2(C#C2)C(=O)C1. The predicted molar refractivity (Wildman–Crippen MR) is 43.2 cm³/mol. The summed E-state index contributed by atoms with van der Waals surface area (Å²) in [4.78, 5) is 22.9. The van der Waals surface area contributed by atoms with Crippen molar-refractivity contribution < 1.29 is 9.59 Å². The minimum absolute atomic E-state index is 0.0243. The van der Waals surface area contributed by atoms with Gasteiger partial charge in [-0.25, -0.2) is 0 Å². The molecule has 2 aliphatic carbocycles. The van der Waals surface area contributed by atoms with Crippen molar-refractivity contribution in [1.82, 2.24) is 0 Å². The summed E-state index contributed by atoms with van der Waals surface area (Å²) in [5, 5.41) is 0. The highest BCUT2D eigenvalue weighted by atomic mass is 16.2. The van der Waals surface area contributed by atoms with Gasteiger partial charge in [0.05, 0.1) is 0 Å². The molecule has 0 heterocycles. The molecule has 0 atom stereocenters. The Bertz CT molecular complexity index is 309. The molecule has 2 aliphatic rings. The molecule has 0 bridgehead atoms. The van der Waals surface area contributed by atoms with E-state index in [4.69, 9.17) is 0 Å². The van der Waals surface area contributed by atoms with Gasteiger partial charge in [0.1, 0.15) is 0 Å². The van der Waals surface area contributed by atoms with Crippen LogP contribution in [0.2, 0.25) is 0 Å². The van der Waals surface area contributed by atoms with E-state index >= 15 is 0 Å². The number of rotatable bonds is 0. The van der Waals surface area contributed by atoms with Gasteiger partial charge in [0, 0.05) is 12.8 Å². The van der Waals surface area contributed by atoms with Gasteiger partial charge in [0.15, 0.2) is 11.6 Å². The zero-order chi connectivity index (χ0) is 8.98. The van der Waals surface area contributed by atoms with E-state index in [2.05, 4.69) is 11.8 Å². The third-order valence-corrected chi connectivity index (χ3v) is 2.49. The molecule has 0 unspecified atom stereocenters. The minimum Gasteiger partial charge on any atom is -0.296 e. The first-order chi connectivity index (χ1) is 5.46. The molecule has 0 aromatic carbocycles. The molecule has 0 aromatic rings. The molecule has 0 saturated heterocycles. The summed E-state index contributed by atoms with van der Waals surface area (Å²) >= 11 is 0. The zero-order valence-corrected chi connectivity index (χ0v) is 7.23. The maximum Gasteiger partial charge on any atom is 0.207 e. The molecule has 0 aromatic heterocycles. The second-order valence-corrected chi connectivity index (χ2v) is 4.36. The van der Waals surface area contributed by atoms with Gasteiger partial charge in [0.25, 0.3) is 0 Å². The van der Waals surface area contributed by atoms with Crippen molar-refractivity contribution in [3.63, 3.8) is 0 Å². The van der Waals surface area contributed by atoms with Crippen molar-refractivity contribution in [2.45, 2.75) is 26.7 Å². The van der Waals surface area contributed by atoms with Crippen molar-refractivity contribution in [3.8, 4) is 11.8 Å². The van der Waals surface area contributed by atoms with E-state index in [-0.39, 0.29) is 17.0 Å². The first-order valence-electron chi connectivity index (χ1n) is 4.07. The summed E-state index contributed by atoms with van der Waals surface area (Å²) in [5.41, 5.74) is -1.14. The summed E-state index contributed by atoms with van der Waals surface area (Å²) in [5.74, 6) is 5.23. The Morgan fingerprint density at radius 1 is 1.08 bits per heavy atom. The van der Waals surface area contributed by atoms with Gasteiger partial charge in [-0.05, 0) is 5.41 Å². The Kier molecular flexibility index (Phi) is 1.13. The highest BCUT2D eigenvalue weighted by Gasteiger charge is 2.55. The lowest BCUT2D eigenvalue weighted by molar-refractivity contribution is -0.139. The van der Waals surface area contributed by atoms with E-state index in [1.54, 1.807) is 0 Å². The van der Waals surface area contributed by atoms with Crippen LogP contribution >= 0.6 is 0 Å². The third kappa shape index (κ3) is 0.828. The number of carbonyl (C=O) groups excluding carboxylic acids is 2. The Balaban J connectivity index is 2.27. The first kappa shape index (κ1) is 7.54. The van der Waals surface area contributed by atoms with Gasteiger partial charge in [-0.15, -0.1) is 0 Å². The second kappa shape index (κ2) is 1.80. The smallest absolute Gasteiger partial charge is 0.207 e. The summed E-state index contributed by atoms with van der Waals surface area (Å²) in [7, 11) is 0. The van der Waals surface area contributed by atoms with Gasteiger partial charge in [-0.3, -0.25) is 9.59 Å². The van der Waals surface area contributed by atoms with Crippen LogP contribution < -0.4 is 0 Å². The van der Waals surface area contributed by atoms with Crippen LogP contribution in [-0.4, -0.2) is 11.6 Å². The van der Waals surface area contributed by atoms with E-state index in [1.807, 2.05) is 13.8 Å². The average molecular weight is 162 g/mol. The second-order valence-electron chi connectivity index (χ2n) is 4.36. The molecule has 12 heavy (non-hydrogen) atoms. The van der Waals surface area contributed by atoms with Crippen molar-refractivity contribution >= 4 is 11.6 Å². The van der Waals surface area contributed by atoms with E-state index in [1.165, 1.54) is 0 Å². The Labute approximate surface area is 71.3 Å². The number of hydrogen-bond acceptors (Lipinski definition) is 2. The van der Waals surface area contributed by atoms with Crippen LogP contribution in [0.15, 0.2) is 0 Å². The van der Waals surface area contributed by atoms with Gasteiger partial charge in [0.2, 0.25) is 5.41 Å². The largest absolute Gasteiger partial charge is 0.296 e. The first-order valence-corrected chi connectivity index (χ1v) is 4.07. The number of carbonyl (C=O) groups is 2. The maximum absolute atomic E-state index is 11.5. The number of ketones is 2. The molecule has 0 N–H and O–H groups in total. The standard InChI is InChI=1S/C10H10O2/c1-9(2)5-7(11)10(3-4-10)8(12)6-9/h5-6H2,1-2H3. The fourth-order valence-corrected chi connectivity index (χ4v) is 1.69. The summed E-state index contributed by atoms with van der Waals surface area (Å²) in [6, 6.07) is 0. The monoisotopic (exact) mass is 162 g/mol. The molecule has 0 aliphatic heterocycles. The van der Waals surface area contributed by atoms with Crippen LogP contribution in [0.1, 0.15) is 26.7 Å². The lowest BCUT2D eigenvalue weighted by Gasteiger charge is -2.31. The Morgan fingerprint density at radius 3 is 1.83 bits per heavy atom. The molecule has 62 valence electrons. The number of hydrogen-bond donors (Lipinski definition) is 0. The molecule has 2 heteroatoms. The molecule has 2 nitrogen and oxygen atoms in total. The molecular formula is C10H10O2. The predicted octanol–water partition coefficient (Wildman–Crippen LogP) is 0.948. The van der Waals surface area contributed by atoms with Crippen LogP contribution in [0, 0.1) is 22.7 Å². The fraction of sp³-hybridized carbons (Fsp3) is 0.600. The molecule has 1 spiro atoms. The molecular weight excluding hydrogens is 152 g/mol. The van der Waals surface area contributed by atoms with Gasteiger partial charge in [-0.2, -0.15) is 0 Å². The van der Waals surface area contributed by atoms with E-state index < -0.39 is 5.41 Å². The van der Waals surface area contributed by atoms with E-state index in [0.717, 1.165) is 0 Å².